The lowest BCUT2D eigenvalue weighted by Gasteiger charge is -2.11. The van der Waals surface area contributed by atoms with Crippen molar-refractivity contribution in [2.24, 2.45) is 0 Å². The van der Waals surface area contributed by atoms with Gasteiger partial charge in [0, 0.05) is 55.3 Å². The standard InChI is InChI=1S/C27H18ClN5OS/c28-18-7-5-17(6-8-18)26-22-3-1-2-4-23(22)27(32-31-26)29-19-9-11-20(12-10-19)35-21-15-24-30-25(34)13-14-33(24)16-21/h1-16H,(H,29,32)(H,30,34). The normalized spacial score (nSPS) is 11.2. The Kier molecular flexibility index (Phi) is 5.48. The molecule has 35 heavy (non-hydrogen) atoms. The Morgan fingerprint density at radius 3 is 2.43 bits per heavy atom. The molecule has 0 saturated heterocycles. The van der Waals surface area contributed by atoms with E-state index in [-0.39, 0.29) is 5.56 Å². The van der Waals surface area contributed by atoms with Crippen molar-refractivity contribution in [3.05, 3.63) is 113 Å². The van der Waals surface area contributed by atoms with E-state index >= 15 is 0 Å². The van der Waals surface area contributed by atoms with Crippen LogP contribution in [-0.4, -0.2) is 19.6 Å². The maximum Gasteiger partial charge on any atom is 0.250 e. The van der Waals surface area contributed by atoms with Gasteiger partial charge in [-0.2, -0.15) is 0 Å². The first-order valence-electron chi connectivity index (χ1n) is 10.9. The van der Waals surface area contributed by atoms with Crippen LogP contribution in [0.25, 0.3) is 27.7 Å². The molecule has 2 N–H and O–H groups in total. The number of halogens is 1. The maximum atomic E-state index is 11.5. The van der Waals surface area contributed by atoms with E-state index in [0.717, 1.165) is 43.2 Å². The van der Waals surface area contributed by atoms with Crippen molar-refractivity contribution in [3.63, 3.8) is 0 Å². The summed E-state index contributed by atoms with van der Waals surface area (Å²) in [4.78, 5) is 16.5. The first-order valence-corrected chi connectivity index (χ1v) is 12.1. The fraction of sp³-hybridized carbons (Fsp3) is 0. The number of rotatable bonds is 5. The van der Waals surface area contributed by atoms with Crippen molar-refractivity contribution >= 4 is 51.3 Å². The van der Waals surface area contributed by atoms with Crippen LogP contribution in [0.3, 0.4) is 0 Å². The highest BCUT2D eigenvalue weighted by atomic mass is 35.5. The van der Waals surface area contributed by atoms with Crippen molar-refractivity contribution in [2.75, 3.05) is 5.32 Å². The number of hydrogen-bond donors (Lipinski definition) is 2. The summed E-state index contributed by atoms with van der Waals surface area (Å²) in [5.74, 6) is 0.696. The molecule has 170 valence electrons. The van der Waals surface area contributed by atoms with Gasteiger partial charge in [0.25, 0.3) is 5.56 Å². The van der Waals surface area contributed by atoms with Crippen LogP contribution in [0.15, 0.2) is 112 Å². The molecule has 3 aromatic heterocycles. The third-order valence-electron chi connectivity index (χ3n) is 5.62. The summed E-state index contributed by atoms with van der Waals surface area (Å²) in [6, 6.07) is 27.3. The van der Waals surface area contributed by atoms with E-state index in [0.29, 0.717) is 10.8 Å². The van der Waals surface area contributed by atoms with Gasteiger partial charge in [0.05, 0.1) is 0 Å². The fourth-order valence-electron chi connectivity index (χ4n) is 3.95. The lowest BCUT2D eigenvalue weighted by Crippen LogP contribution is -2.04. The van der Waals surface area contributed by atoms with Gasteiger partial charge in [-0.15, -0.1) is 10.2 Å². The molecule has 0 radical (unpaired) electrons. The van der Waals surface area contributed by atoms with Crippen molar-refractivity contribution < 1.29 is 0 Å². The molecule has 3 aromatic carbocycles. The molecule has 6 rings (SSSR count). The van der Waals surface area contributed by atoms with Crippen molar-refractivity contribution in [1.29, 1.82) is 0 Å². The minimum Gasteiger partial charge on any atom is -0.338 e. The molecule has 0 fully saturated rings. The van der Waals surface area contributed by atoms with Crippen LogP contribution in [0.5, 0.6) is 0 Å². The number of anilines is 2. The molecule has 0 bridgehead atoms. The number of nitrogens with zero attached hydrogens (tertiary/aromatic N) is 3. The first-order chi connectivity index (χ1) is 17.1. The van der Waals surface area contributed by atoms with E-state index in [1.807, 2.05) is 77.3 Å². The Bertz CT molecular complexity index is 1730. The Morgan fingerprint density at radius 2 is 1.63 bits per heavy atom. The number of aromatic nitrogens is 4. The molecular weight excluding hydrogens is 478 g/mol. The quantitative estimate of drug-likeness (QED) is 0.275. The van der Waals surface area contributed by atoms with E-state index in [2.05, 4.69) is 32.6 Å². The number of fused-ring (bicyclic) bond motifs is 2. The fourth-order valence-corrected chi connectivity index (χ4v) is 4.95. The molecule has 0 amide bonds. The summed E-state index contributed by atoms with van der Waals surface area (Å²) in [7, 11) is 0. The maximum absolute atomic E-state index is 11.5. The van der Waals surface area contributed by atoms with E-state index in [9.17, 15) is 4.79 Å². The molecular formula is C27H18ClN5OS. The molecule has 0 atom stereocenters. The van der Waals surface area contributed by atoms with Gasteiger partial charge >= 0.3 is 0 Å². The van der Waals surface area contributed by atoms with Crippen LogP contribution in [0.2, 0.25) is 5.02 Å². The van der Waals surface area contributed by atoms with Crippen molar-refractivity contribution in [1.82, 2.24) is 19.6 Å². The molecule has 0 aliphatic carbocycles. The Morgan fingerprint density at radius 1 is 0.857 bits per heavy atom. The molecule has 6 nitrogen and oxygen atoms in total. The zero-order valence-electron chi connectivity index (χ0n) is 18.3. The van der Waals surface area contributed by atoms with Gasteiger partial charge in [0.1, 0.15) is 11.3 Å². The SMILES string of the molecule is O=c1ccn2cc(Sc3ccc(Nc4nnc(-c5ccc(Cl)cc5)c5ccccc45)cc3)cc2[nH]1. The Hall–Kier alpha value is -4.07. The van der Waals surface area contributed by atoms with Gasteiger partial charge < -0.3 is 14.7 Å². The lowest BCUT2D eigenvalue weighted by molar-refractivity contribution is 1.06. The third-order valence-corrected chi connectivity index (χ3v) is 6.84. The number of H-pyrrole nitrogens is 1. The van der Waals surface area contributed by atoms with Crippen molar-refractivity contribution in [3.8, 4) is 11.3 Å². The van der Waals surface area contributed by atoms with Crippen LogP contribution < -0.4 is 10.9 Å². The molecule has 0 aliphatic rings. The summed E-state index contributed by atoms with van der Waals surface area (Å²) in [5, 5.41) is 15.1. The molecule has 0 unspecified atom stereocenters. The number of nitrogens with one attached hydrogen (secondary N) is 2. The van der Waals surface area contributed by atoms with Gasteiger partial charge in [-0.25, -0.2) is 0 Å². The number of aromatic amines is 1. The van der Waals surface area contributed by atoms with Crippen LogP contribution in [0.1, 0.15) is 0 Å². The second-order valence-corrected chi connectivity index (χ2v) is 9.56. The van der Waals surface area contributed by atoms with Crippen LogP contribution in [0, 0.1) is 0 Å². The van der Waals surface area contributed by atoms with Gasteiger partial charge in [-0.1, -0.05) is 59.8 Å². The highest BCUT2D eigenvalue weighted by Crippen LogP contribution is 2.33. The number of hydrogen-bond acceptors (Lipinski definition) is 5. The summed E-state index contributed by atoms with van der Waals surface area (Å²) < 4.78 is 1.90. The lowest BCUT2D eigenvalue weighted by atomic mass is 10.0. The first kappa shape index (κ1) is 21.5. The molecule has 0 aliphatic heterocycles. The Balaban J connectivity index is 1.26. The van der Waals surface area contributed by atoms with E-state index in [4.69, 9.17) is 11.6 Å². The molecule has 0 spiro atoms. The number of benzene rings is 3. The van der Waals surface area contributed by atoms with E-state index in [1.165, 1.54) is 6.07 Å². The zero-order valence-corrected chi connectivity index (χ0v) is 19.8. The molecule has 0 saturated carbocycles. The molecule has 8 heteroatoms. The van der Waals surface area contributed by atoms with Crippen LogP contribution in [-0.2, 0) is 0 Å². The van der Waals surface area contributed by atoms with Gasteiger partial charge in [-0.05, 0) is 42.5 Å². The van der Waals surface area contributed by atoms with E-state index in [1.54, 1.807) is 18.0 Å². The Labute approximate surface area is 209 Å². The third kappa shape index (κ3) is 4.39. The molecule has 3 heterocycles. The average molecular weight is 496 g/mol. The summed E-state index contributed by atoms with van der Waals surface area (Å²) in [6.45, 7) is 0. The predicted octanol–water partition coefficient (Wildman–Crippen LogP) is 6.79. The van der Waals surface area contributed by atoms with Gasteiger partial charge in [0.15, 0.2) is 5.82 Å². The van der Waals surface area contributed by atoms with E-state index < -0.39 is 0 Å². The predicted molar refractivity (Wildman–Crippen MR) is 142 cm³/mol. The van der Waals surface area contributed by atoms with Crippen molar-refractivity contribution in [2.45, 2.75) is 9.79 Å². The summed E-state index contributed by atoms with van der Waals surface area (Å²) in [6.07, 6.45) is 3.75. The molecule has 6 aromatic rings. The largest absolute Gasteiger partial charge is 0.338 e. The average Bonchev–Trinajstić information content (AvgIpc) is 3.27. The smallest absolute Gasteiger partial charge is 0.250 e. The monoisotopic (exact) mass is 495 g/mol. The minimum atomic E-state index is -0.112. The summed E-state index contributed by atoms with van der Waals surface area (Å²) in [5.41, 5.74) is 3.36. The second-order valence-electron chi connectivity index (χ2n) is 7.97. The second kappa shape index (κ2) is 8.94. The highest BCUT2D eigenvalue weighted by molar-refractivity contribution is 7.99. The minimum absolute atomic E-state index is 0.112. The summed E-state index contributed by atoms with van der Waals surface area (Å²) >= 11 is 7.68. The van der Waals surface area contributed by atoms with Gasteiger partial charge in [0.2, 0.25) is 0 Å². The highest BCUT2D eigenvalue weighted by Gasteiger charge is 2.11. The topological polar surface area (TPSA) is 75.1 Å². The zero-order chi connectivity index (χ0) is 23.8. The van der Waals surface area contributed by atoms with Crippen LogP contribution in [0.4, 0.5) is 11.5 Å². The van der Waals surface area contributed by atoms with Gasteiger partial charge in [-0.3, -0.25) is 4.79 Å². The van der Waals surface area contributed by atoms with Crippen LogP contribution >= 0.6 is 23.4 Å².